The molecule has 148 valence electrons. The van der Waals surface area contributed by atoms with E-state index in [2.05, 4.69) is 33.0 Å². The number of thiophene rings is 1. The molecule has 2 N–H and O–H groups in total. The molecule has 28 heavy (non-hydrogen) atoms. The van der Waals surface area contributed by atoms with Gasteiger partial charge >= 0.3 is 12.0 Å². The normalized spacial score (nSPS) is 22.8. The summed E-state index contributed by atoms with van der Waals surface area (Å²) in [7, 11) is 0. The molecule has 2 unspecified atom stereocenters. The van der Waals surface area contributed by atoms with Gasteiger partial charge < -0.3 is 19.8 Å². The van der Waals surface area contributed by atoms with Crippen LogP contribution in [0.2, 0.25) is 0 Å². The summed E-state index contributed by atoms with van der Waals surface area (Å²) in [6, 6.07) is 6.96. The second-order valence-corrected chi connectivity index (χ2v) is 7.78. The summed E-state index contributed by atoms with van der Waals surface area (Å²) in [5.74, 6) is 0.0601. The number of hydrogen-bond acceptors (Lipinski definition) is 6. The predicted molar refractivity (Wildman–Crippen MR) is 105 cm³/mol. The van der Waals surface area contributed by atoms with E-state index in [-0.39, 0.29) is 12.6 Å². The van der Waals surface area contributed by atoms with Crippen molar-refractivity contribution >= 4 is 23.3 Å². The number of nitrogens with zero attached hydrogens (tertiary/aromatic N) is 1. The number of esters is 1. The fourth-order valence-corrected chi connectivity index (χ4v) is 4.78. The van der Waals surface area contributed by atoms with Crippen molar-refractivity contribution in [3.63, 3.8) is 0 Å². The second kappa shape index (κ2) is 8.20. The summed E-state index contributed by atoms with van der Waals surface area (Å²) >= 11 is 1.74. The van der Waals surface area contributed by atoms with Gasteiger partial charge in [-0.3, -0.25) is 4.90 Å². The molecule has 1 saturated heterocycles. The van der Waals surface area contributed by atoms with Crippen molar-refractivity contribution < 1.29 is 18.7 Å². The van der Waals surface area contributed by atoms with E-state index >= 15 is 0 Å². The molecule has 2 amide bonds. The standard InChI is InChI=1S/C20H23N3O4S/c1-2-26-19(24)17-13(21-20(25)22-18(17)15-7-4-10-27-15)12-23-9-3-6-14(23)16-8-5-11-28-16/h4-5,7-8,10-11,14,18H,2-3,6,9,12H2,1H3,(H2,21,22,25). The van der Waals surface area contributed by atoms with Gasteiger partial charge in [0.25, 0.3) is 0 Å². The van der Waals surface area contributed by atoms with Crippen LogP contribution in [0.3, 0.4) is 0 Å². The van der Waals surface area contributed by atoms with E-state index in [1.807, 2.05) is 0 Å². The van der Waals surface area contributed by atoms with Crippen molar-refractivity contribution in [2.45, 2.75) is 31.8 Å². The molecule has 1 fully saturated rings. The van der Waals surface area contributed by atoms with E-state index in [4.69, 9.17) is 9.15 Å². The molecule has 0 radical (unpaired) electrons. The van der Waals surface area contributed by atoms with E-state index < -0.39 is 12.0 Å². The number of amides is 2. The van der Waals surface area contributed by atoms with Gasteiger partial charge in [0.1, 0.15) is 11.8 Å². The van der Waals surface area contributed by atoms with Gasteiger partial charge in [-0.2, -0.15) is 0 Å². The number of ether oxygens (including phenoxy) is 1. The summed E-state index contributed by atoms with van der Waals surface area (Å²) in [6.45, 7) is 3.41. The molecule has 2 aromatic heterocycles. The van der Waals surface area contributed by atoms with Gasteiger partial charge in [0.15, 0.2) is 0 Å². The average Bonchev–Trinajstić information content (AvgIpc) is 3.43. The first kappa shape index (κ1) is 18.8. The molecule has 2 aliphatic heterocycles. The molecule has 4 heterocycles. The number of carbonyl (C=O) groups excluding carboxylic acids is 2. The summed E-state index contributed by atoms with van der Waals surface area (Å²) in [6.07, 6.45) is 3.67. The highest BCUT2D eigenvalue weighted by atomic mass is 32.1. The third kappa shape index (κ3) is 3.70. The van der Waals surface area contributed by atoms with Gasteiger partial charge in [-0.15, -0.1) is 11.3 Å². The Kier molecular flexibility index (Phi) is 5.50. The summed E-state index contributed by atoms with van der Waals surface area (Å²) in [4.78, 5) is 28.7. The first-order valence-electron chi connectivity index (χ1n) is 9.46. The highest BCUT2D eigenvalue weighted by molar-refractivity contribution is 7.10. The average molecular weight is 401 g/mol. The number of furan rings is 1. The second-order valence-electron chi connectivity index (χ2n) is 6.80. The molecular formula is C20H23N3O4S. The molecule has 4 rings (SSSR count). The van der Waals surface area contributed by atoms with Crippen LogP contribution in [0.4, 0.5) is 4.79 Å². The van der Waals surface area contributed by atoms with Gasteiger partial charge in [-0.1, -0.05) is 6.07 Å². The van der Waals surface area contributed by atoms with Gasteiger partial charge in [0.05, 0.1) is 18.4 Å². The van der Waals surface area contributed by atoms with Crippen LogP contribution < -0.4 is 10.6 Å². The Morgan fingerprint density at radius 2 is 2.29 bits per heavy atom. The minimum absolute atomic E-state index is 0.260. The third-order valence-electron chi connectivity index (χ3n) is 5.07. The smallest absolute Gasteiger partial charge is 0.338 e. The molecule has 0 bridgehead atoms. The maximum atomic E-state index is 12.8. The van der Waals surface area contributed by atoms with Crippen molar-refractivity contribution in [2.75, 3.05) is 19.7 Å². The minimum atomic E-state index is -0.666. The van der Waals surface area contributed by atoms with Crippen molar-refractivity contribution in [1.82, 2.24) is 15.5 Å². The van der Waals surface area contributed by atoms with E-state index in [1.54, 1.807) is 30.4 Å². The Morgan fingerprint density at radius 3 is 3.00 bits per heavy atom. The van der Waals surface area contributed by atoms with Crippen molar-refractivity contribution in [3.05, 3.63) is 57.8 Å². The molecule has 2 atom stereocenters. The third-order valence-corrected chi connectivity index (χ3v) is 6.05. The van der Waals surface area contributed by atoms with Crippen LogP contribution in [0.15, 0.2) is 51.6 Å². The lowest BCUT2D eigenvalue weighted by Crippen LogP contribution is -2.48. The van der Waals surface area contributed by atoms with E-state index in [9.17, 15) is 9.59 Å². The van der Waals surface area contributed by atoms with Crippen LogP contribution in [0.5, 0.6) is 0 Å². The highest BCUT2D eigenvalue weighted by Crippen LogP contribution is 2.36. The molecule has 8 heteroatoms. The maximum absolute atomic E-state index is 12.8. The number of rotatable bonds is 6. The van der Waals surface area contributed by atoms with Crippen LogP contribution in [-0.2, 0) is 9.53 Å². The quantitative estimate of drug-likeness (QED) is 0.726. The number of carbonyl (C=O) groups is 2. The van der Waals surface area contributed by atoms with E-state index in [1.165, 1.54) is 11.1 Å². The monoisotopic (exact) mass is 401 g/mol. The number of nitrogens with one attached hydrogen (secondary N) is 2. The topological polar surface area (TPSA) is 83.8 Å². The zero-order valence-electron chi connectivity index (χ0n) is 15.6. The van der Waals surface area contributed by atoms with Crippen LogP contribution in [0.1, 0.15) is 42.5 Å². The van der Waals surface area contributed by atoms with Gasteiger partial charge in [0, 0.05) is 23.2 Å². The summed E-state index contributed by atoms with van der Waals surface area (Å²) in [5, 5.41) is 7.70. The predicted octanol–water partition coefficient (Wildman–Crippen LogP) is 3.35. The van der Waals surface area contributed by atoms with Crippen molar-refractivity contribution in [2.24, 2.45) is 0 Å². The summed E-state index contributed by atoms with van der Waals surface area (Å²) < 4.78 is 10.8. The fraction of sp³-hybridized carbons (Fsp3) is 0.400. The zero-order valence-corrected chi connectivity index (χ0v) is 16.5. The first-order chi connectivity index (χ1) is 13.7. The largest absolute Gasteiger partial charge is 0.467 e. The van der Waals surface area contributed by atoms with Gasteiger partial charge in [-0.25, -0.2) is 9.59 Å². The van der Waals surface area contributed by atoms with Crippen LogP contribution in [0.25, 0.3) is 0 Å². The van der Waals surface area contributed by atoms with Crippen molar-refractivity contribution in [1.29, 1.82) is 0 Å². The molecule has 2 aliphatic rings. The summed E-state index contributed by atoms with van der Waals surface area (Å²) in [5.41, 5.74) is 0.972. The molecule has 0 aliphatic carbocycles. The Labute approximate surface area is 167 Å². The fourth-order valence-electron chi connectivity index (χ4n) is 3.88. The minimum Gasteiger partial charge on any atom is -0.467 e. The molecule has 2 aromatic rings. The Hall–Kier alpha value is -2.58. The molecule has 0 saturated carbocycles. The Morgan fingerprint density at radius 1 is 1.39 bits per heavy atom. The maximum Gasteiger partial charge on any atom is 0.338 e. The number of hydrogen-bond donors (Lipinski definition) is 2. The Bertz CT molecular complexity index is 860. The molecular weight excluding hydrogens is 378 g/mol. The van der Waals surface area contributed by atoms with Crippen LogP contribution in [-0.4, -0.2) is 36.6 Å². The lowest BCUT2D eigenvalue weighted by Gasteiger charge is -2.31. The SMILES string of the molecule is CCOC(=O)C1=C(CN2CCCC2c2cccs2)NC(=O)NC1c1ccco1. The first-order valence-corrected chi connectivity index (χ1v) is 10.3. The molecule has 0 spiro atoms. The van der Waals surface area contributed by atoms with Gasteiger partial charge in [-0.05, 0) is 49.9 Å². The molecule has 7 nitrogen and oxygen atoms in total. The van der Waals surface area contributed by atoms with E-state index in [0.717, 1.165) is 19.4 Å². The van der Waals surface area contributed by atoms with E-state index in [0.29, 0.717) is 29.6 Å². The van der Waals surface area contributed by atoms with Crippen LogP contribution >= 0.6 is 11.3 Å². The highest BCUT2D eigenvalue weighted by Gasteiger charge is 2.37. The lowest BCUT2D eigenvalue weighted by molar-refractivity contribution is -0.139. The number of likely N-dealkylation sites (tertiary alicyclic amines) is 1. The van der Waals surface area contributed by atoms with Gasteiger partial charge in [0.2, 0.25) is 0 Å². The Balaban J connectivity index is 1.68. The zero-order chi connectivity index (χ0) is 19.5. The van der Waals surface area contributed by atoms with Crippen LogP contribution in [0, 0.1) is 0 Å². The lowest BCUT2D eigenvalue weighted by atomic mass is 9.99. The molecule has 0 aromatic carbocycles. The number of urea groups is 1. The van der Waals surface area contributed by atoms with Crippen molar-refractivity contribution in [3.8, 4) is 0 Å².